The Kier molecular flexibility index (Phi) is 4.29. The van der Waals surface area contributed by atoms with Crippen LogP contribution in [0.3, 0.4) is 0 Å². The fourth-order valence-corrected chi connectivity index (χ4v) is 2.28. The largest absolute Gasteiger partial charge is 0.0929 e. The summed E-state index contributed by atoms with van der Waals surface area (Å²) in [5, 5.41) is 0. The quantitative estimate of drug-likeness (QED) is 0.431. The molecule has 0 aromatic heterocycles. The molecule has 2 atom stereocenters. The maximum absolute atomic E-state index is 3.37. The van der Waals surface area contributed by atoms with Crippen molar-refractivity contribution >= 4 is 0 Å². The van der Waals surface area contributed by atoms with E-state index in [2.05, 4.69) is 41.9 Å². The van der Waals surface area contributed by atoms with Gasteiger partial charge in [0.1, 0.15) is 0 Å². The van der Waals surface area contributed by atoms with Gasteiger partial charge < -0.3 is 0 Å². The molecule has 0 aromatic rings. The van der Waals surface area contributed by atoms with Crippen molar-refractivity contribution in [2.75, 3.05) is 0 Å². The van der Waals surface area contributed by atoms with E-state index in [-0.39, 0.29) is 0 Å². The Morgan fingerprint density at radius 2 is 2.35 bits per heavy atom. The van der Waals surface area contributed by atoms with Crippen LogP contribution in [0.15, 0.2) is 36.0 Å². The first-order chi connectivity index (χ1) is 8.40. The minimum Gasteiger partial charge on any atom is -0.0929 e. The second-order valence-corrected chi connectivity index (χ2v) is 4.53. The standard InChI is InChI=1S/C17H18/c1-2-3-6-9-15-12-13-16-10-7-4-5-8-11-17(16)14-15/h2-4,7,14,16-17H,5,8,10-11H2,1H3/b3-2-,7-4-/t16-,17?/m0/s1. The number of fused-ring (bicyclic) bond motifs is 1. The monoisotopic (exact) mass is 222 g/mol. The summed E-state index contributed by atoms with van der Waals surface area (Å²) in [7, 11) is 0. The summed E-state index contributed by atoms with van der Waals surface area (Å²) in [4.78, 5) is 0. The van der Waals surface area contributed by atoms with Gasteiger partial charge in [-0.25, -0.2) is 0 Å². The van der Waals surface area contributed by atoms with Crippen molar-refractivity contribution in [3.63, 3.8) is 0 Å². The van der Waals surface area contributed by atoms with Crippen LogP contribution in [-0.4, -0.2) is 0 Å². The third-order valence-electron chi connectivity index (χ3n) is 3.21. The van der Waals surface area contributed by atoms with E-state index in [0.717, 1.165) is 12.0 Å². The molecule has 0 aromatic carbocycles. The molecule has 0 aliphatic heterocycles. The van der Waals surface area contributed by atoms with Crippen LogP contribution >= 0.6 is 0 Å². The van der Waals surface area contributed by atoms with Gasteiger partial charge in [0, 0.05) is 5.92 Å². The summed E-state index contributed by atoms with van der Waals surface area (Å²) in [5.41, 5.74) is 1.01. The maximum Gasteiger partial charge on any atom is 0.0711 e. The minimum absolute atomic E-state index is 0.513. The van der Waals surface area contributed by atoms with Crippen LogP contribution < -0.4 is 0 Å². The summed E-state index contributed by atoms with van der Waals surface area (Å²) >= 11 is 0. The number of hydrogen-bond acceptors (Lipinski definition) is 0. The van der Waals surface area contributed by atoms with Gasteiger partial charge in [0.15, 0.2) is 0 Å². The molecule has 1 unspecified atom stereocenters. The molecular weight excluding hydrogens is 204 g/mol. The average molecular weight is 222 g/mol. The first-order valence-electron chi connectivity index (χ1n) is 6.41. The van der Waals surface area contributed by atoms with E-state index in [1.807, 2.05) is 19.1 Å². The van der Waals surface area contributed by atoms with Crippen LogP contribution in [0, 0.1) is 35.5 Å². The van der Waals surface area contributed by atoms with Gasteiger partial charge in [-0.2, -0.15) is 0 Å². The molecule has 0 fully saturated rings. The molecule has 0 heterocycles. The number of allylic oxidation sites excluding steroid dienone is 6. The highest BCUT2D eigenvalue weighted by Gasteiger charge is 2.20. The molecule has 2 aliphatic rings. The van der Waals surface area contributed by atoms with Crippen molar-refractivity contribution in [1.29, 1.82) is 0 Å². The summed E-state index contributed by atoms with van der Waals surface area (Å²) in [6.45, 7) is 1.98. The Balaban J connectivity index is 2.13. The zero-order valence-electron chi connectivity index (χ0n) is 10.4. The summed E-state index contributed by atoms with van der Waals surface area (Å²) < 4.78 is 0. The van der Waals surface area contributed by atoms with Crippen LogP contribution in [0.5, 0.6) is 0 Å². The van der Waals surface area contributed by atoms with Crippen molar-refractivity contribution in [2.24, 2.45) is 11.8 Å². The first kappa shape index (κ1) is 11.8. The van der Waals surface area contributed by atoms with Crippen LogP contribution in [0.1, 0.15) is 32.6 Å². The van der Waals surface area contributed by atoms with E-state index in [4.69, 9.17) is 0 Å². The van der Waals surface area contributed by atoms with Gasteiger partial charge in [0.05, 0.1) is 5.57 Å². The molecule has 0 bridgehead atoms. The topological polar surface area (TPSA) is 0 Å². The van der Waals surface area contributed by atoms with Gasteiger partial charge in [0.2, 0.25) is 0 Å². The molecule has 0 radical (unpaired) electrons. The summed E-state index contributed by atoms with van der Waals surface area (Å²) in [6, 6.07) is 0. The zero-order chi connectivity index (χ0) is 11.9. The molecule has 0 saturated heterocycles. The van der Waals surface area contributed by atoms with Gasteiger partial charge in [-0.05, 0) is 44.6 Å². The highest BCUT2D eigenvalue weighted by Crippen LogP contribution is 2.28. The van der Waals surface area contributed by atoms with Crippen LogP contribution in [0.2, 0.25) is 0 Å². The van der Waals surface area contributed by atoms with E-state index in [9.17, 15) is 0 Å². The van der Waals surface area contributed by atoms with E-state index >= 15 is 0 Å². The maximum atomic E-state index is 3.37. The van der Waals surface area contributed by atoms with Crippen molar-refractivity contribution in [2.45, 2.75) is 32.6 Å². The van der Waals surface area contributed by atoms with Crippen molar-refractivity contribution in [3.05, 3.63) is 36.0 Å². The molecule has 2 rings (SSSR count). The molecule has 0 saturated carbocycles. The Morgan fingerprint density at radius 3 is 3.24 bits per heavy atom. The van der Waals surface area contributed by atoms with Gasteiger partial charge in [0.25, 0.3) is 0 Å². The minimum atomic E-state index is 0.513. The Morgan fingerprint density at radius 1 is 1.41 bits per heavy atom. The van der Waals surface area contributed by atoms with Crippen molar-refractivity contribution < 1.29 is 0 Å². The van der Waals surface area contributed by atoms with Gasteiger partial charge in [-0.3, -0.25) is 0 Å². The zero-order valence-corrected chi connectivity index (χ0v) is 10.4. The molecule has 17 heavy (non-hydrogen) atoms. The lowest BCUT2D eigenvalue weighted by Crippen LogP contribution is -2.14. The normalized spacial score (nSPS) is 28.6. The SMILES string of the molecule is C/C=C\C#CC1=CC2CCC/C=C\C[C@H]2C#C1. The first-order valence-corrected chi connectivity index (χ1v) is 6.41. The van der Waals surface area contributed by atoms with Gasteiger partial charge >= 0.3 is 0 Å². The van der Waals surface area contributed by atoms with E-state index in [0.29, 0.717) is 11.8 Å². The number of hydrogen-bond donors (Lipinski definition) is 0. The van der Waals surface area contributed by atoms with Crippen molar-refractivity contribution in [3.8, 4) is 23.7 Å². The molecular formula is C17H18. The Labute approximate surface area is 104 Å². The molecule has 0 N–H and O–H groups in total. The Hall–Kier alpha value is -1.66. The summed E-state index contributed by atoms with van der Waals surface area (Å²) in [6.07, 6.45) is 15.5. The number of rotatable bonds is 0. The molecule has 0 nitrogen and oxygen atoms in total. The summed E-state index contributed by atoms with van der Waals surface area (Å²) in [5.74, 6) is 13.8. The van der Waals surface area contributed by atoms with Crippen LogP contribution in [-0.2, 0) is 0 Å². The predicted octanol–water partition coefficient (Wildman–Crippen LogP) is 3.87. The smallest absolute Gasteiger partial charge is 0.0711 e. The lowest BCUT2D eigenvalue weighted by atomic mass is 9.81. The van der Waals surface area contributed by atoms with Gasteiger partial charge in [-0.15, -0.1) is 0 Å². The molecule has 86 valence electrons. The molecule has 0 heteroatoms. The van der Waals surface area contributed by atoms with Gasteiger partial charge in [-0.1, -0.05) is 48.0 Å². The van der Waals surface area contributed by atoms with E-state index in [1.54, 1.807) is 0 Å². The second kappa shape index (κ2) is 6.17. The lowest BCUT2D eigenvalue weighted by molar-refractivity contribution is 0.438. The second-order valence-electron chi connectivity index (χ2n) is 4.53. The molecule has 0 spiro atoms. The molecule has 0 amide bonds. The average Bonchev–Trinajstić information content (AvgIpc) is 2.31. The Bertz CT molecular complexity index is 466. The van der Waals surface area contributed by atoms with E-state index < -0.39 is 0 Å². The van der Waals surface area contributed by atoms with Crippen molar-refractivity contribution in [1.82, 2.24) is 0 Å². The van der Waals surface area contributed by atoms with Crippen LogP contribution in [0.25, 0.3) is 0 Å². The fraction of sp³-hybridized carbons (Fsp3) is 0.412. The third-order valence-corrected chi connectivity index (χ3v) is 3.21. The third kappa shape index (κ3) is 3.40. The molecule has 2 aliphatic carbocycles. The lowest BCUT2D eigenvalue weighted by Gasteiger charge is -2.22. The fourth-order valence-electron chi connectivity index (χ4n) is 2.28. The van der Waals surface area contributed by atoms with Crippen LogP contribution in [0.4, 0.5) is 0 Å². The van der Waals surface area contributed by atoms with E-state index in [1.165, 1.54) is 19.3 Å². The predicted molar refractivity (Wildman–Crippen MR) is 73.0 cm³/mol. The highest BCUT2D eigenvalue weighted by atomic mass is 14.2. The highest BCUT2D eigenvalue weighted by molar-refractivity contribution is 5.49.